The Morgan fingerprint density at radius 1 is 1.35 bits per heavy atom. The quantitative estimate of drug-likeness (QED) is 0.705. The van der Waals surface area contributed by atoms with Gasteiger partial charge in [0.05, 0.1) is 17.8 Å². The van der Waals surface area contributed by atoms with E-state index in [4.69, 9.17) is 27.9 Å². The molecule has 1 heterocycles. The Hall–Kier alpha value is -1.56. The number of hydrogen-bond donors (Lipinski definition) is 1. The van der Waals surface area contributed by atoms with Gasteiger partial charge < -0.3 is 10.1 Å². The average molecular weight is 416 g/mol. The molecule has 4 nitrogen and oxygen atoms in total. The molecule has 0 aliphatic rings. The summed E-state index contributed by atoms with van der Waals surface area (Å²) in [6, 6.07) is 6.77. The molecular formula is C16H13BrCl2N2O2. The van der Waals surface area contributed by atoms with Crippen LogP contribution in [0.25, 0.3) is 6.08 Å². The van der Waals surface area contributed by atoms with Crippen molar-refractivity contribution in [2.75, 3.05) is 12.4 Å². The van der Waals surface area contributed by atoms with Crippen LogP contribution in [-0.4, -0.2) is 18.0 Å². The number of hydrogen-bond acceptors (Lipinski definition) is 3. The van der Waals surface area contributed by atoms with Crippen molar-refractivity contribution in [2.45, 2.75) is 6.92 Å². The van der Waals surface area contributed by atoms with Crippen LogP contribution in [0.3, 0.4) is 0 Å². The summed E-state index contributed by atoms with van der Waals surface area (Å²) in [5.41, 5.74) is 1.40. The van der Waals surface area contributed by atoms with Crippen molar-refractivity contribution in [1.82, 2.24) is 4.98 Å². The Morgan fingerprint density at radius 2 is 2.09 bits per heavy atom. The molecule has 1 amide bonds. The van der Waals surface area contributed by atoms with Crippen molar-refractivity contribution >= 4 is 56.9 Å². The Kier molecular flexibility index (Phi) is 6.04. The number of rotatable bonds is 4. The molecule has 7 heteroatoms. The molecule has 23 heavy (non-hydrogen) atoms. The van der Waals surface area contributed by atoms with E-state index in [-0.39, 0.29) is 5.91 Å². The van der Waals surface area contributed by atoms with E-state index < -0.39 is 0 Å². The number of aryl methyl sites for hydroxylation is 1. The van der Waals surface area contributed by atoms with E-state index in [9.17, 15) is 4.79 Å². The number of nitrogens with zero attached hydrogens (tertiary/aromatic N) is 1. The molecule has 2 rings (SSSR count). The normalized spacial score (nSPS) is 10.8. The molecule has 0 radical (unpaired) electrons. The number of ether oxygens (including phenoxy) is 1. The van der Waals surface area contributed by atoms with Crippen molar-refractivity contribution in [3.8, 4) is 5.75 Å². The minimum absolute atomic E-state index is 0.322. The van der Waals surface area contributed by atoms with Gasteiger partial charge in [0, 0.05) is 21.1 Å². The van der Waals surface area contributed by atoms with Crippen molar-refractivity contribution in [1.29, 1.82) is 0 Å². The summed E-state index contributed by atoms with van der Waals surface area (Å²) in [5.74, 6) is 0.603. The van der Waals surface area contributed by atoms with Gasteiger partial charge in [0.25, 0.3) is 0 Å². The summed E-state index contributed by atoms with van der Waals surface area (Å²) in [6.07, 6.45) is 2.95. The topological polar surface area (TPSA) is 51.2 Å². The first-order valence-electron chi connectivity index (χ1n) is 6.56. The average Bonchev–Trinajstić information content (AvgIpc) is 2.48. The molecule has 0 saturated heterocycles. The van der Waals surface area contributed by atoms with Gasteiger partial charge >= 0.3 is 0 Å². The van der Waals surface area contributed by atoms with Crippen molar-refractivity contribution in [3.05, 3.63) is 56.1 Å². The van der Waals surface area contributed by atoms with Gasteiger partial charge in [-0.05, 0) is 53.2 Å². The van der Waals surface area contributed by atoms with E-state index in [1.165, 1.54) is 13.2 Å². The molecule has 0 fully saturated rings. The van der Waals surface area contributed by atoms with Gasteiger partial charge in [-0.1, -0.05) is 23.2 Å². The highest BCUT2D eigenvalue weighted by Crippen LogP contribution is 2.32. The summed E-state index contributed by atoms with van der Waals surface area (Å²) in [4.78, 5) is 16.2. The highest BCUT2D eigenvalue weighted by atomic mass is 79.9. The summed E-state index contributed by atoms with van der Waals surface area (Å²) < 4.78 is 6.10. The van der Waals surface area contributed by atoms with Gasteiger partial charge in [-0.15, -0.1) is 0 Å². The number of aromatic nitrogens is 1. The van der Waals surface area contributed by atoms with Crippen LogP contribution >= 0.6 is 39.1 Å². The number of methoxy groups -OCH3 is 1. The summed E-state index contributed by atoms with van der Waals surface area (Å²) in [6.45, 7) is 1.84. The number of benzene rings is 1. The molecule has 0 aliphatic carbocycles. The van der Waals surface area contributed by atoms with Gasteiger partial charge in [0.15, 0.2) is 0 Å². The van der Waals surface area contributed by atoms with Crippen LogP contribution < -0.4 is 10.1 Å². The fourth-order valence-electron chi connectivity index (χ4n) is 1.87. The largest absolute Gasteiger partial charge is 0.495 e. The Labute approximate surface area is 152 Å². The molecule has 1 N–H and O–H groups in total. The number of nitrogens with one attached hydrogen (secondary N) is 1. The van der Waals surface area contributed by atoms with Crippen LogP contribution in [-0.2, 0) is 4.79 Å². The number of carbonyl (C=O) groups is 1. The summed E-state index contributed by atoms with van der Waals surface area (Å²) >= 11 is 15.4. The van der Waals surface area contributed by atoms with E-state index in [1.807, 2.05) is 13.0 Å². The van der Waals surface area contributed by atoms with Gasteiger partial charge in [0.2, 0.25) is 5.91 Å². The summed E-state index contributed by atoms with van der Waals surface area (Å²) in [7, 11) is 1.50. The summed E-state index contributed by atoms with van der Waals surface area (Å²) in [5, 5.41) is 3.52. The lowest BCUT2D eigenvalue weighted by atomic mass is 10.2. The second kappa shape index (κ2) is 7.81. The maximum atomic E-state index is 12.0. The monoisotopic (exact) mass is 414 g/mol. The minimum Gasteiger partial charge on any atom is -0.495 e. The van der Waals surface area contributed by atoms with E-state index in [1.54, 1.807) is 24.3 Å². The lowest BCUT2D eigenvalue weighted by Gasteiger charge is -2.08. The molecule has 1 aromatic heterocycles. The lowest BCUT2D eigenvalue weighted by molar-refractivity contribution is -0.111. The van der Waals surface area contributed by atoms with E-state index >= 15 is 0 Å². The van der Waals surface area contributed by atoms with Gasteiger partial charge in [-0.2, -0.15) is 0 Å². The Balaban J connectivity index is 2.16. The number of halogens is 3. The molecule has 2 aromatic rings. The molecule has 120 valence electrons. The molecular weight excluding hydrogens is 403 g/mol. The maximum absolute atomic E-state index is 12.0. The molecule has 0 aliphatic heterocycles. The third kappa shape index (κ3) is 4.70. The van der Waals surface area contributed by atoms with Crippen LogP contribution in [0.5, 0.6) is 5.75 Å². The molecule has 0 spiro atoms. The fraction of sp³-hybridized carbons (Fsp3) is 0.125. The third-order valence-corrected chi connectivity index (χ3v) is 4.27. The second-order valence-corrected chi connectivity index (χ2v) is 6.29. The highest BCUT2D eigenvalue weighted by Gasteiger charge is 2.08. The zero-order valence-electron chi connectivity index (χ0n) is 12.4. The number of carbonyl (C=O) groups excluding carboxylic acids is 1. The van der Waals surface area contributed by atoms with Crippen molar-refractivity contribution < 1.29 is 9.53 Å². The minimum atomic E-state index is -0.322. The molecule has 0 bridgehead atoms. The van der Waals surface area contributed by atoms with Crippen LogP contribution in [0.4, 0.5) is 5.82 Å². The predicted octanol–water partition coefficient (Wildman–Crippen LogP) is 5.12. The van der Waals surface area contributed by atoms with E-state index in [2.05, 4.69) is 26.2 Å². The first-order valence-corrected chi connectivity index (χ1v) is 8.11. The maximum Gasteiger partial charge on any atom is 0.249 e. The van der Waals surface area contributed by atoms with Crippen LogP contribution in [0.2, 0.25) is 10.0 Å². The first kappa shape index (κ1) is 17.8. The smallest absolute Gasteiger partial charge is 0.249 e. The predicted molar refractivity (Wildman–Crippen MR) is 97.4 cm³/mol. The van der Waals surface area contributed by atoms with Crippen molar-refractivity contribution in [2.24, 2.45) is 0 Å². The highest BCUT2D eigenvalue weighted by molar-refractivity contribution is 9.10. The second-order valence-electron chi connectivity index (χ2n) is 4.60. The van der Waals surface area contributed by atoms with Crippen LogP contribution in [0.15, 0.2) is 34.8 Å². The fourth-order valence-corrected chi connectivity index (χ4v) is 2.67. The SMILES string of the molecule is COc1c(Cl)cc(Cl)cc1C=CC(=O)Nc1ccc(Br)c(C)n1. The lowest BCUT2D eigenvalue weighted by Crippen LogP contribution is -2.09. The first-order chi connectivity index (χ1) is 10.9. The number of pyridine rings is 1. The standard InChI is InChI=1S/C16H13BrCl2N2O2/c1-9-12(17)4-5-14(20-9)21-15(22)6-3-10-7-11(18)8-13(19)16(10)23-2/h3-8H,1-2H3,(H,20,21,22). The van der Waals surface area contributed by atoms with E-state index in [0.29, 0.717) is 27.2 Å². The molecule has 0 saturated carbocycles. The third-order valence-electron chi connectivity index (χ3n) is 2.93. The number of anilines is 1. The van der Waals surface area contributed by atoms with Gasteiger partial charge in [0.1, 0.15) is 11.6 Å². The van der Waals surface area contributed by atoms with Crippen molar-refractivity contribution in [3.63, 3.8) is 0 Å². The Morgan fingerprint density at radius 3 is 2.74 bits per heavy atom. The van der Waals surface area contributed by atoms with Crippen LogP contribution in [0.1, 0.15) is 11.3 Å². The van der Waals surface area contributed by atoms with Gasteiger partial charge in [-0.3, -0.25) is 4.79 Å². The molecule has 0 unspecified atom stereocenters. The zero-order chi connectivity index (χ0) is 17.0. The zero-order valence-corrected chi connectivity index (χ0v) is 15.5. The molecule has 1 aromatic carbocycles. The van der Waals surface area contributed by atoms with E-state index in [0.717, 1.165) is 10.2 Å². The van der Waals surface area contributed by atoms with Crippen LogP contribution in [0, 0.1) is 6.92 Å². The van der Waals surface area contributed by atoms with Gasteiger partial charge in [-0.25, -0.2) is 4.98 Å². The Bertz CT molecular complexity index is 779. The number of amides is 1. The molecule has 0 atom stereocenters.